The van der Waals surface area contributed by atoms with E-state index in [4.69, 9.17) is 5.73 Å². The van der Waals surface area contributed by atoms with Gasteiger partial charge in [-0.1, -0.05) is 0 Å². The fourth-order valence-corrected chi connectivity index (χ4v) is 2.40. The molecule has 0 spiro atoms. The highest BCUT2D eigenvalue weighted by molar-refractivity contribution is 5.96. The second-order valence-electron chi connectivity index (χ2n) is 4.68. The van der Waals surface area contributed by atoms with Gasteiger partial charge < -0.3 is 15.7 Å². The lowest BCUT2D eigenvalue weighted by Gasteiger charge is -2.23. The first kappa shape index (κ1) is 12.8. The van der Waals surface area contributed by atoms with Crippen molar-refractivity contribution < 1.29 is 14.3 Å². The number of carbonyl (C=O) groups is 1. The summed E-state index contributed by atoms with van der Waals surface area (Å²) in [7, 11) is 0. The predicted octanol–water partition coefficient (Wildman–Crippen LogP) is 1.31. The summed E-state index contributed by atoms with van der Waals surface area (Å²) in [5, 5.41) is 9.20. The number of likely N-dealkylation sites (tertiary alicyclic amines) is 1. The van der Waals surface area contributed by atoms with Crippen molar-refractivity contribution in [2.75, 3.05) is 18.9 Å². The fourth-order valence-electron chi connectivity index (χ4n) is 2.40. The zero-order valence-electron chi connectivity index (χ0n) is 10.3. The van der Waals surface area contributed by atoms with E-state index in [1.807, 2.05) is 0 Å². The zero-order chi connectivity index (χ0) is 13.3. The van der Waals surface area contributed by atoms with E-state index in [2.05, 4.69) is 0 Å². The molecule has 0 aliphatic carbocycles. The van der Waals surface area contributed by atoms with Crippen LogP contribution < -0.4 is 5.73 Å². The Morgan fingerprint density at radius 1 is 1.61 bits per heavy atom. The van der Waals surface area contributed by atoms with Crippen molar-refractivity contribution in [3.8, 4) is 0 Å². The number of carbonyl (C=O) groups excluding carboxylic acids is 1. The molecule has 18 heavy (non-hydrogen) atoms. The van der Waals surface area contributed by atoms with Crippen LogP contribution in [0.3, 0.4) is 0 Å². The van der Waals surface area contributed by atoms with Gasteiger partial charge in [0.1, 0.15) is 5.82 Å². The van der Waals surface area contributed by atoms with Crippen LogP contribution in [0.2, 0.25) is 0 Å². The first-order valence-corrected chi connectivity index (χ1v) is 6.02. The van der Waals surface area contributed by atoms with E-state index in [1.165, 1.54) is 17.0 Å². The molecule has 3 N–H and O–H groups in total. The number of halogens is 1. The zero-order valence-corrected chi connectivity index (χ0v) is 10.3. The molecule has 1 heterocycles. The number of nitrogen functional groups attached to an aromatic ring is 1. The largest absolute Gasteiger partial charge is 0.399 e. The summed E-state index contributed by atoms with van der Waals surface area (Å²) < 4.78 is 14.0. The molecule has 1 aromatic rings. The van der Waals surface area contributed by atoms with E-state index in [0.29, 0.717) is 17.8 Å². The van der Waals surface area contributed by atoms with Crippen molar-refractivity contribution in [3.63, 3.8) is 0 Å². The first-order valence-electron chi connectivity index (χ1n) is 6.02. The van der Waals surface area contributed by atoms with Gasteiger partial charge >= 0.3 is 0 Å². The number of anilines is 1. The van der Waals surface area contributed by atoms with Gasteiger partial charge in [-0.2, -0.15) is 0 Å². The Bertz CT molecular complexity index is 476. The number of aliphatic hydroxyl groups excluding tert-OH is 1. The lowest BCUT2D eigenvalue weighted by molar-refractivity contribution is 0.0673. The Labute approximate surface area is 105 Å². The van der Waals surface area contributed by atoms with Gasteiger partial charge in [-0.25, -0.2) is 4.39 Å². The lowest BCUT2D eigenvalue weighted by atomic mass is 10.1. The Kier molecular flexibility index (Phi) is 3.52. The third-order valence-electron chi connectivity index (χ3n) is 3.36. The van der Waals surface area contributed by atoms with Crippen LogP contribution in [-0.4, -0.2) is 35.1 Å². The molecule has 0 saturated carbocycles. The molecule has 1 amide bonds. The molecule has 1 aliphatic heterocycles. The summed E-state index contributed by atoms with van der Waals surface area (Å²) in [5.41, 5.74) is 6.37. The molecule has 1 atom stereocenters. The van der Waals surface area contributed by atoms with Gasteiger partial charge in [0.15, 0.2) is 0 Å². The smallest absolute Gasteiger partial charge is 0.257 e. The molecule has 0 unspecified atom stereocenters. The fraction of sp³-hybridized carbons (Fsp3) is 0.462. The van der Waals surface area contributed by atoms with E-state index in [1.54, 1.807) is 6.92 Å². The highest BCUT2D eigenvalue weighted by atomic mass is 19.1. The average Bonchev–Trinajstić information content (AvgIpc) is 2.81. The SMILES string of the molecule is Cc1cc(N)cc(C(=O)N2CCC[C@@H]2CO)c1F. The molecule has 0 aromatic heterocycles. The van der Waals surface area contributed by atoms with Crippen molar-refractivity contribution >= 4 is 11.6 Å². The van der Waals surface area contributed by atoms with Gasteiger partial charge in [-0.3, -0.25) is 4.79 Å². The molecule has 0 radical (unpaired) electrons. The van der Waals surface area contributed by atoms with Gasteiger partial charge in [0.25, 0.3) is 5.91 Å². The van der Waals surface area contributed by atoms with Crippen LogP contribution in [0.5, 0.6) is 0 Å². The number of amides is 1. The number of hydrogen-bond donors (Lipinski definition) is 2. The minimum Gasteiger partial charge on any atom is -0.399 e. The van der Waals surface area contributed by atoms with Crippen molar-refractivity contribution in [2.24, 2.45) is 0 Å². The summed E-state index contributed by atoms with van der Waals surface area (Å²) >= 11 is 0. The van der Waals surface area contributed by atoms with Gasteiger partial charge in [0.2, 0.25) is 0 Å². The van der Waals surface area contributed by atoms with Crippen LogP contribution in [0, 0.1) is 12.7 Å². The molecule has 98 valence electrons. The summed E-state index contributed by atoms with van der Waals surface area (Å²) in [6.07, 6.45) is 1.59. The maximum Gasteiger partial charge on any atom is 0.257 e. The molecular formula is C13H17FN2O2. The monoisotopic (exact) mass is 252 g/mol. The topological polar surface area (TPSA) is 66.6 Å². The molecule has 1 aromatic carbocycles. The maximum absolute atomic E-state index is 14.0. The number of rotatable bonds is 2. The van der Waals surface area contributed by atoms with Gasteiger partial charge in [0.05, 0.1) is 18.2 Å². The normalized spacial score (nSPS) is 19.3. The van der Waals surface area contributed by atoms with E-state index in [9.17, 15) is 14.3 Å². The third kappa shape index (κ3) is 2.18. The van der Waals surface area contributed by atoms with E-state index in [0.717, 1.165) is 12.8 Å². The van der Waals surface area contributed by atoms with Crippen LogP contribution in [0.4, 0.5) is 10.1 Å². The summed E-state index contributed by atoms with van der Waals surface area (Å²) in [4.78, 5) is 13.8. The summed E-state index contributed by atoms with van der Waals surface area (Å²) in [6, 6.07) is 2.65. The molecule has 5 heteroatoms. The molecular weight excluding hydrogens is 235 g/mol. The second kappa shape index (κ2) is 4.94. The molecule has 1 saturated heterocycles. The highest BCUT2D eigenvalue weighted by Gasteiger charge is 2.30. The second-order valence-corrected chi connectivity index (χ2v) is 4.68. The molecule has 4 nitrogen and oxygen atoms in total. The van der Waals surface area contributed by atoms with E-state index >= 15 is 0 Å². The average molecular weight is 252 g/mol. The molecule has 0 bridgehead atoms. The lowest BCUT2D eigenvalue weighted by Crippen LogP contribution is -2.38. The van der Waals surface area contributed by atoms with Gasteiger partial charge in [-0.05, 0) is 37.5 Å². The van der Waals surface area contributed by atoms with Gasteiger partial charge in [-0.15, -0.1) is 0 Å². The van der Waals surface area contributed by atoms with Crippen molar-refractivity contribution in [2.45, 2.75) is 25.8 Å². The number of aliphatic hydroxyl groups is 1. The number of nitrogens with zero attached hydrogens (tertiary/aromatic N) is 1. The maximum atomic E-state index is 14.0. The minimum absolute atomic E-state index is 0.00662. The van der Waals surface area contributed by atoms with E-state index < -0.39 is 5.82 Å². The molecule has 1 fully saturated rings. The first-order chi connectivity index (χ1) is 8.54. The molecule has 2 rings (SSSR count). The third-order valence-corrected chi connectivity index (χ3v) is 3.36. The van der Waals surface area contributed by atoms with Crippen molar-refractivity contribution in [1.29, 1.82) is 0 Å². The van der Waals surface area contributed by atoms with Crippen molar-refractivity contribution in [1.82, 2.24) is 4.90 Å². The molecule has 1 aliphatic rings. The van der Waals surface area contributed by atoms with Crippen LogP contribution in [0.25, 0.3) is 0 Å². The Hall–Kier alpha value is -1.62. The number of hydrogen-bond acceptors (Lipinski definition) is 3. The highest BCUT2D eigenvalue weighted by Crippen LogP contribution is 2.23. The Balaban J connectivity index is 2.34. The number of aryl methyl sites for hydroxylation is 1. The quantitative estimate of drug-likeness (QED) is 0.780. The summed E-state index contributed by atoms with van der Waals surface area (Å²) in [6.45, 7) is 2.04. The Morgan fingerprint density at radius 2 is 2.33 bits per heavy atom. The summed E-state index contributed by atoms with van der Waals surface area (Å²) in [5.74, 6) is -0.919. The Morgan fingerprint density at radius 3 is 3.00 bits per heavy atom. The minimum atomic E-state index is -0.530. The predicted molar refractivity (Wildman–Crippen MR) is 66.7 cm³/mol. The van der Waals surface area contributed by atoms with Gasteiger partial charge in [0, 0.05) is 12.2 Å². The van der Waals surface area contributed by atoms with E-state index in [-0.39, 0.29) is 24.1 Å². The number of nitrogens with two attached hydrogens (primary N) is 1. The van der Waals surface area contributed by atoms with Crippen LogP contribution in [0.1, 0.15) is 28.8 Å². The number of benzene rings is 1. The van der Waals surface area contributed by atoms with Crippen LogP contribution in [0.15, 0.2) is 12.1 Å². The van der Waals surface area contributed by atoms with Crippen LogP contribution in [-0.2, 0) is 0 Å². The standard InChI is InChI=1S/C13H17FN2O2/c1-8-5-9(15)6-11(12(8)14)13(18)16-4-2-3-10(16)7-17/h5-6,10,17H,2-4,7,15H2,1H3/t10-/m1/s1. The van der Waals surface area contributed by atoms with Crippen LogP contribution >= 0.6 is 0 Å². The van der Waals surface area contributed by atoms with Crippen molar-refractivity contribution in [3.05, 3.63) is 29.1 Å².